The number of nitrogens with zero attached hydrogens (tertiary/aromatic N) is 1. The van der Waals surface area contributed by atoms with Gasteiger partial charge in [-0.2, -0.15) is 0 Å². The molecule has 1 N–H and O–H groups in total. The molecule has 2 aromatic carbocycles. The molecule has 8 heteroatoms. The zero-order valence-electron chi connectivity index (χ0n) is 14.4. The molecular weight excluding hydrogens is 387 g/mol. The van der Waals surface area contributed by atoms with Gasteiger partial charge >= 0.3 is 0 Å². The molecular formula is C19H17FN2O3S2. The molecule has 0 radical (unpaired) electrons. The van der Waals surface area contributed by atoms with E-state index in [2.05, 4.69) is 4.72 Å². The average molecular weight is 404 g/mol. The van der Waals surface area contributed by atoms with Crippen LogP contribution in [-0.4, -0.2) is 26.3 Å². The maximum Gasteiger partial charge on any atom is 0.271 e. The molecule has 5 nitrogen and oxygen atoms in total. The smallest absolute Gasteiger partial charge is 0.271 e. The van der Waals surface area contributed by atoms with Crippen molar-refractivity contribution in [2.75, 3.05) is 11.8 Å². The molecule has 140 valence electrons. The molecule has 0 aliphatic rings. The Morgan fingerprint density at radius 3 is 2.48 bits per heavy atom. The van der Waals surface area contributed by atoms with Gasteiger partial charge in [0.15, 0.2) is 0 Å². The molecule has 0 aliphatic heterocycles. The second-order valence-electron chi connectivity index (χ2n) is 5.91. The Balaban J connectivity index is 1.68. The summed E-state index contributed by atoms with van der Waals surface area (Å²) in [5.41, 5.74) is 1.46. The Hall–Kier alpha value is -2.71. The first-order valence-electron chi connectivity index (χ1n) is 8.01. The summed E-state index contributed by atoms with van der Waals surface area (Å²) in [5, 5.41) is 1.69. The molecule has 1 aromatic heterocycles. The summed E-state index contributed by atoms with van der Waals surface area (Å²) in [4.78, 5) is 14.0. The van der Waals surface area contributed by atoms with Crippen molar-refractivity contribution in [3.05, 3.63) is 83.0 Å². The minimum absolute atomic E-state index is 0.220. The first-order chi connectivity index (χ1) is 12.8. The highest BCUT2D eigenvalue weighted by Crippen LogP contribution is 2.21. The average Bonchev–Trinajstić information content (AvgIpc) is 3.17. The van der Waals surface area contributed by atoms with Gasteiger partial charge in [0, 0.05) is 24.8 Å². The molecule has 0 fully saturated rings. The highest BCUT2D eigenvalue weighted by atomic mass is 32.2. The first kappa shape index (κ1) is 19.1. The van der Waals surface area contributed by atoms with Crippen LogP contribution in [0.4, 0.5) is 10.1 Å². The SMILES string of the molecule is CN(Cc1cccc(F)c1)C(=O)c1ccc(NS(=O)(=O)c2cccs2)cc1. The van der Waals surface area contributed by atoms with Gasteiger partial charge in [-0.25, -0.2) is 12.8 Å². The topological polar surface area (TPSA) is 66.5 Å². The zero-order valence-corrected chi connectivity index (χ0v) is 16.1. The van der Waals surface area contributed by atoms with E-state index in [4.69, 9.17) is 0 Å². The number of benzene rings is 2. The summed E-state index contributed by atoms with van der Waals surface area (Å²) in [6.07, 6.45) is 0. The van der Waals surface area contributed by atoms with Crippen molar-refractivity contribution in [1.82, 2.24) is 4.90 Å². The molecule has 0 spiro atoms. The number of carbonyl (C=O) groups is 1. The van der Waals surface area contributed by atoms with Crippen molar-refractivity contribution in [2.45, 2.75) is 10.8 Å². The molecule has 3 rings (SSSR count). The van der Waals surface area contributed by atoms with Gasteiger partial charge < -0.3 is 4.90 Å². The van der Waals surface area contributed by atoms with Crippen molar-refractivity contribution in [1.29, 1.82) is 0 Å². The molecule has 0 atom stereocenters. The minimum Gasteiger partial charge on any atom is -0.337 e. The van der Waals surface area contributed by atoms with Gasteiger partial charge in [-0.1, -0.05) is 18.2 Å². The number of nitrogens with one attached hydrogen (secondary N) is 1. The predicted octanol–water partition coefficient (Wildman–Crippen LogP) is 3.96. The van der Waals surface area contributed by atoms with Gasteiger partial charge in [-0.05, 0) is 53.4 Å². The fraction of sp³-hybridized carbons (Fsp3) is 0.105. The third kappa shape index (κ3) is 4.72. The van der Waals surface area contributed by atoms with Gasteiger partial charge in [0.05, 0.1) is 0 Å². The number of thiophene rings is 1. The maximum atomic E-state index is 13.3. The van der Waals surface area contributed by atoms with Crippen molar-refractivity contribution in [3.63, 3.8) is 0 Å². The van der Waals surface area contributed by atoms with E-state index in [9.17, 15) is 17.6 Å². The molecule has 1 amide bonds. The number of sulfonamides is 1. The van der Waals surface area contributed by atoms with Crippen molar-refractivity contribution in [3.8, 4) is 0 Å². The van der Waals surface area contributed by atoms with Crippen LogP contribution in [0.15, 0.2) is 70.3 Å². The highest BCUT2D eigenvalue weighted by Gasteiger charge is 2.16. The predicted molar refractivity (Wildman–Crippen MR) is 104 cm³/mol. The number of amides is 1. The number of hydrogen-bond acceptors (Lipinski definition) is 4. The summed E-state index contributed by atoms with van der Waals surface area (Å²) in [6, 6.07) is 15.4. The molecule has 0 saturated heterocycles. The lowest BCUT2D eigenvalue weighted by Crippen LogP contribution is -2.26. The fourth-order valence-corrected chi connectivity index (χ4v) is 4.56. The standard InChI is InChI=1S/C19H17FN2O3S2/c1-22(13-14-4-2-5-16(20)12-14)19(23)15-7-9-17(10-8-15)21-27(24,25)18-6-3-11-26-18/h2-12,21H,13H2,1H3. The fourth-order valence-electron chi connectivity index (χ4n) is 2.50. The van der Waals surface area contributed by atoms with Crippen LogP contribution >= 0.6 is 11.3 Å². The van der Waals surface area contributed by atoms with Crippen LogP contribution < -0.4 is 4.72 Å². The lowest BCUT2D eigenvalue weighted by molar-refractivity contribution is 0.0785. The molecule has 0 saturated carbocycles. The Kier molecular flexibility index (Phi) is 5.57. The molecule has 27 heavy (non-hydrogen) atoms. The number of halogens is 1. The Labute approximate surface area is 161 Å². The van der Waals surface area contributed by atoms with E-state index in [1.807, 2.05) is 0 Å². The molecule has 0 bridgehead atoms. The van der Waals surface area contributed by atoms with Crippen LogP contribution in [-0.2, 0) is 16.6 Å². The largest absolute Gasteiger partial charge is 0.337 e. The molecule has 3 aromatic rings. The van der Waals surface area contributed by atoms with Crippen LogP contribution in [0.3, 0.4) is 0 Å². The molecule has 0 unspecified atom stereocenters. The number of carbonyl (C=O) groups excluding carboxylic acids is 1. The van der Waals surface area contributed by atoms with E-state index in [0.29, 0.717) is 16.8 Å². The van der Waals surface area contributed by atoms with E-state index in [0.717, 1.165) is 11.3 Å². The van der Waals surface area contributed by atoms with Crippen LogP contribution in [0.5, 0.6) is 0 Å². The van der Waals surface area contributed by atoms with E-state index >= 15 is 0 Å². The maximum absolute atomic E-state index is 13.3. The van der Waals surface area contributed by atoms with Crippen LogP contribution in [0.1, 0.15) is 15.9 Å². The highest BCUT2D eigenvalue weighted by molar-refractivity contribution is 7.94. The number of hydrogen-bond donors (Lipinski definition) is 1. The Morgan fingerprint density at radius 2 is 1.85 bits per heavy atom. The normalized spacial score (nSPS) is 11.2. The zero-order chi connectivity index (χ0) is 19.4. The Bertz CT molecular complexity index is 1030. The van der Waals surface area contributed by atoms with E-state index in [1.54, 1.807) is 42.8 Å². The second-order valence-corrected chi connectivity index (χ2v) is 8.76. The van der Waals surface area contributed by atoms with E-state index in [1.165, 1.54) is 35.2 Å². The molecule has 0 aliphatic carbocycles. The number of rotatable bonds is 6. The van der Waals surface area contributed by atoms with Gasteiger partial charge in [0.2, 0.25) is 0 Å². The third-order valence-corrected chi connectivity index (χ3v) is 6.58. The van der Waals surface area contributed by atoms with Crippen molar-refractivity contribution >= 4 is 33.0 Å². The van der Waals surface area contributed by atoms with Gasteiger partial charge in [0.1, 0.15) is 10.0 Å². The number of anilines is 1. The lowest BCUT2D eigenvalue weighted by Gasteiger charge is -2.17. The summed E-state index contributed by atoms with van der Waals surface area (Å²) >= 11 is 1.12. The summed E-state index contributed by atoms with van der Waals surface area (Å²) in [7, 11) is -2.00. The van der Waals surface area contributed by atoms with Crippen LogP contribution in [0.2, 0.25) is 0 Å². The summed E-state index contributed by atoms with van der Waals surface area (Å²) in [6.45, 7) is 0.267. The van der Waals surface area contributed by atoms with Gasteiger partial charge in [-0.3, -0.25) is 9.52 Å². The van der Waals surface area contributed by atoms with Crippen LogP contribution in [0, 0.1) is 5.82 Å². The third-order valence-electron chi connectivity index (χ3n) is 3.80. The molecule has 1 heterocycles. The minimum atomic E-state index is -3.63. The van der Waals surface area contributed by atoms with Crippen molar-refractivity contribution in [2.24, 2.45) is 0 Å². The Morgan fingerprint density at radius 1 is 1.11 bits per heavy atom. The van der Waals surface area contributed by atoms with Crippen LogP contribution in [0.25, 0.3) is 0 Å². The van der Waals surface area contributed by atoms with Gasteiger partial charge in [0.25, 0.3) is 15.9 Å². The quantitative estimate of drug-likeness (QED) is 0.676. The van der Waals surface area contributed by atoms with E-state index in [-0.39, 0.29) is 22.5 Å². The first-order valence-corrected chi connectivity index (χ1v) is 10.4. The monoisotopic (exact) mass is 404 g/mol. The van der Waals surface area contributed by atoms with E-state index < -0.39 is 10.0 Å². The summed E-state index contributed by atoms with van der Waals surface area (Å²) < 4.78 is 40.4. The van der Waals surface area contributed by atoms with Gasteiger partial charge in [-0.15, -0.1) is 11.3 Å². The summed E-state index contributed by atoms with van der Waals surface area (Å²) in [5.74, 6) is -0.595. The lowest BCUT2D eigenvalue weighted by atomic mass is 10.1. The van der Waals surface area contributed by atoms with Crippen molar-refractivity contribution < 1.29 is 17.6 Å². The second kappa shape index (κ2) is 7.89.